The standard InChI is InChI=1S/C17H22N4O4/c1-23-15-7-12(8-16(9-15)24-2)19-17(22)20-13-10-18-21(11-13)14-3-5-25-6-4-14/h7-11,14H,3-6H2,1-2H3,(H2,19,20,22). The number of nitrogens with one attached hydrogen (secondary N) is 2. The van der Waals surface area contributed by atoms with Gasteiger partial charge in [-0.1, -0.05) is 0 Å². The Labute approximate surface area is 146 Å². The zero-order valence-corrected chi connectivity index (χ0v) is 14.3. The summed E-state index contributed by atoms with van der Waals surface area (Å²) in [5.74, 6) is 1.20. The molecule has 8 heteroatoms. The Morgan fingerprint density at radius 2 is 1.76 bits per heavy atom. The number of nitrogens with zero attached hydrogens (tertiary/aromatic N) is 2. The van der Waals surface area contributed by atoms with Gasteiger partial charge in [0.05, 0.1) is 32.1 Å². The molecule has 0 spiro atoms. The summed E-state index contributed by atoms with van der Waals surface area (Å²) < 4.78 is 17.6. The van der Waals surface area contributed by atoms with Crippen LogP contribution < -0.4 is 20.1 Å². The van der Waals surface area contributed by atoms with Gasteiger partial charge in [0.25, 0.3) is 0 Å². The Morgan fingerprint density at radius 3 is 2.40 bits per heavy atom. The van der Waals surface area contributed by atoms with Crippen LogP contribution in [0.1, 0.15) is 18.9 Å². The summed E-state index contributed by atoms with van der Waals surface area (Å²) in [4.78, 5) is 12.2. The van der Waals surface area contributed by atoms with Crippen molar-refractivity contribution in [1.82, 2.24) is 9.78 Å². The lowest BCUT2D eigenvalue weighted by molar-refractivity contribution is 0.0662. The van der Waals surface area contributed by atoms with E-state index in [-0.39, 0.29) is 6.03 Å². The first-order valence-corrected chi connectivity index (χ1v) is 8.11. The number of anilines is 2. The number of carbonyl (C=O) groups is 1. The van der Waals surface area contributed by atoms with Gasteiger partial charge in [-0.2, -0.15) is 5.10 Å². The molecule has 1 aromatic heterocycles. The quantitative estimate of drug-likeness (QED) is 0.869. The minimum absolute atomic E-state index is 0.315. The van der Waals surface area contributed by atoms with Gasteiger partial charge >= 0.3 is 6.03 Å². The maximum absolute atomic E-state index is 12.2. The fraction of sp³-hybridized carbons (Fsp3) is 0.412. The van der Waals surface area contributed by atoms with E-state index in [1.807, 2.05) is 10.9 Å². The van der Waals surface area contributed by atoms with Crippen LogP contribution in [0.2, 0.25) is 0 Å². The largest absolute Gasteiger partial charge is 0.497 e. The number of hydrogen-bond donors (Lipinski definition) is 2. The van der Waals surface area contributed by atoms with Crippen molar-refractivity contribution < 1.29 is 19.0 Å². The molecule has 0 bridgehead atoms. The van der Waals surface area contributed by atoms with Gasteiger partial charge in [0, 0.05) is 43.3 Å². The van der Waals surface area contributed by atoms with Crippen LogP contribution >= 0.6 is 0 Å². The number of amides is 2. The van der Waals surface area contributed by atoms with E-state index in [1.165, 1.54) is 0 Å². The second-order valence-electron chi connectivity index (χ2n) is 5.73. The molecule has 2 heterocycles. The van der Waals surface area contributed by atoms with E-state index in [0.29, 0.717) is 28.9 Å². The summed E-state index contributed by atoms with van der Waals surface area (Å²) >= 11 is 0. The molecule has 0 atom stereocenters. The lowest BCUT2D eigenvalue weighted by Gasteiger charge is -2.22. The zero-order valence-electron chi connectivity index (χ0n) is 14.3. The topological polar surface area (TPSA) is 86.6 Å². The number of urea groups is 1. The van der Waals surface area contributed by atoms with Crippen molar-refractivity contribution in [2.24, 2.45) is 0 Å². The predicted molar refractivity (Wildman–Crippen MR) is 93.5 cm³/mol. The van der Waals surface area contributed by atoms with Gasteiger partial charge in [-0.25, -0.2) is 4.79 Å². The van der Waals surface area contributed by atoms with Crippen molar-refractivity contribution >= 4 is 17.4 Å². The molecular formula is C17H22N4O4. The molecule has 0 radical (unpaired) electrons. The van der Waals surface area contributed by atoms with E-state index < -0.39 is 0 Å². The number of carbonyl (C=O) groups excluding carboxylic acids is 1. The van der Waals surface area contributed by atoms with Crippen LogP contribution in [0, 0.1) is 0 Å². The molecule has 1 aliphatic heterocycles. The van der Waals surface area contributed by atoms with Gasteiger partial charge in [0.1, 0.15) is 11.5 Å². The average molecular weight is 346 g/mol. The summed E-state index contributed by atoms with van der Waals surface area (Å²) in [6.07, 6.45) is 5.33. The molecule has 0 unspecified atom stereocenters. The van der Waals surface area contributed by atoms with Gasteiger partial charge in [0.15, 0.2) is 0 Å². The Bertz CT molecular complexity index is 703. The van der Waals surface area contributed by atoms with Crippen molar-refractivity contribution in [2.45, 2.75) is 18.9 Å². The molecule has 3 rings (SSSR count). The molecule has 0 saturated carbocycles. The van der Waals surface area contributed by atoms with Crippen LogP contribution in [0.25, 0.3) is 0 Å². The number of methoxy groups -OCH3 is 2. The highest BCUT2D eigenvalue weighted by Crippen LogP contribution is 2.26. The van der Waals surface area contributed by atoms with Crippen LogP contribution in [0.5, 0.6) is 11.5 Å². The highest BCUT2D eigenvalue weighted by molar-refractivity contribution is 5.99. The second-order valence-corrected chi connectivity index (χ2v) is 5.73. The first kappa shape index (κ1) is 17.1. The Hall–Kier alpha value is -2.74. The maximum atomic E-state index is 12.2. The van der Waals surface area contributed by atoms with Crippen molar-refractivity contribution in [2.75, 3.05) is 38.1 Å². The molecule has 2 amide bonds. The monoisotopic (exact) mass is 346 g/mol. The van der Waals surface area contributed by atoms with Gasteiger partial charge in [-0.3, -0.25) is 4.68 Å². The number of aromatic nitrogens is 2. The van der Waals surface area contributed by atoms with Crippen molar-refractivity contribution in [3.05, 3.63) is 30.6 Å². The number of rotatable bonds is 5. The van der Waals surface area contributed by atoms with Gasteiger partial charge in [-0.15, -0.1) is 0 Å². The molecule has 2 N–H and O–H groups in total. The Balaban J connectivity index is 1.62. The normalized spacial score (nSPS) is 14.8. The third-order valence-corrected chi connectivity index (χ3v) is 4.03. The lowest BCUT2D eigenvalue weighted by Crippen LogP contribution is -2.20. The minimum Gasteiger partial charge on any atom is -0.497 e. The smallest absolute Gasteiger partial charge is 0.323 e. The maximum Gasteiger partial charge on any atom is 0.323 e. The fourth-order valence-corrected chi connectivity index (χ4v) is 2.73. The van der Waals surface area contributed by atoms with Crippen LogP contribution in [-0.4, -0.2) is 43.2 Å². The molecule has 25 heavy (non-hydrogen) atoms. The zero-order chi connectivity index (χ0) is 17.6. The lowest BCUT2D eigenvalue weighted by atomic mass is 10.1. The highest BCUT2D eigenvalue weighted by Gasteiger charge is 2.17. The highest BCUT2D eigenvalue weighted by atomic mass is 16.5. The fourth-order valence-electron chi connectivity index (χ4n) is 2.73. The van der Waals surface area contributed by atoms with E-state index in [4.69, 9.17) is 14.2 Å². The third-order valence-electron chi connectivity index (χ3n) is 4.03. The molecule has 1 aliphatic rings. The second kappa shape index (κ2) is 7.89. The van der Waals surface area contributed by atoms with Crippen molar-refractivity contribution in [3.63, 3.8) is 0 Å². The Kier molecular flexibility index (Phi) is 5.39. The minimum atomic E-state index is -0.359. The first-order chi connectivity index (χ1) is 12.2. The van der Waals surface area contributed by atoms with Crippen LogP contribution in [0.15, 0.2) is 30.6 Å². The summed E-state index contributed by atoms with van der Waals surface area (Å²) in [6, 6.07) is 5.12. The third kappa shape index (κ3) is 4.42. The molecule has 0 aliphatic carbocycles. The summed E-state index contributed by atoms with van der Waals surface area (Å²) in [6.45, 7) is 1.48. The summed E-state index contributed by atoms with van der Waals surface area (Å²) in [7, 11) is 3.12. The Morgan fingerprint density at radius 1 is 1.12 bits per heavy atom. The van der Waals surface area contributed by atoms with E-state index in [9.17, 15) is 4.79 Å². The van der Waals surface area contributed by atoms with E-state index in [0.717, 1.165) is 26.1 Å². The average Bonchev–Trinajstić information content (AvgIpc) is 3.10. The molecule has 8 nitrogen and oxygen atoms in total. The van der Waals surface area contributed by atoms with Gasteiger partial charge < -0.3 is 24.8 Å². The van der Waals surface area contributed by atoms with E-state index in [2.05, 4.69) is 15.7 Å². The summed E-state index contributed by atoms with van der Waals surface area (Å²) in [5.41, 5.74) is 1.21. The molecular weight excluding hydrogens is 324 g/mol. The first-order valence-electron chi connectivity index (χ1n) is 8.11. The van der Waals surface area contributed by atoms with Crippen molar-refractivity contribution in [1.29, 1.82) is 0 Å². The summed E-state index contributed by atoms with van der Waals surface area (Å²) in [5, 5.41) is 9.87. The molecule has 1 aromatic carbocycles. The van der Waals surface area contributed by atoms with Gasteiger partial charge in [-0.05, 0) is 12.8 Å². The van der Waals surface area contributed by atoms with Gasteiger partial charge in [0.2, 0.25) is 0 Å². The molecule has 1 fully saturated rings. The van der Waals surface area contributed by atoms with Crippen LogP contribution in [0.4, 0.5) is 16.2 Å². The van der Waals surface area contributed by atoms with E-state index in [1.54, 1.807) is 38.6 Å². The number of benzene rings is 1. The molecule has 134 valence electrons. The van der Waals surface area contributed by atoms with E-state index >= 15 is 0 Å². The molecule has 2 aromatic rings. The van der Waals surface area contributed by atoms with Crippen LogP contribution in [0.3, 0.4) is 0 Å². The SMILES string of the molecule is COc1cc(NC(=O)Nc2cnn(C3CCOCC3)c2)cc(OC)c1. The number of hydrogen-bond acceptors (Lipinski definition) is 5. The van der Waals surface area contributed by atoms with Crippen LogP contribution in [-0.2, 0) is 4.74 Å². The van der Waals surface area contributed by atoms with Crippen molar-refractivity contribution in [3.8, 4) is 11.5 Å². The number of ether oxygens (including phenoxy) is 3. The molecule has 1 saturated heterocycles. The predicted octanol–water partition coefficient (Wildman–Crippen LogP) is 2.90.